The third kappa shape index (κ3) is 18.4. The number of nitrogens with zero attached hydrogens (tertiary/aromatic N) is 1. The van der Waals surface area contributed by atoms with Crippen molar-refractivity contribution in [1.82, 2.24) is 10.6 Å². The van der Waals surface area contributed by atoms with Gasteiger partial charge in [0.25, 0.3) is 0 Å². The number of fused-ring (bicyclic) bond motifs is 8. The molecule has 2 fully saturated rings. The monoisotopic (exact) mass is 1360 g/mol. The summed E-state index contributed by atoms with van der Waals surface area (Å²) in [5.41, 5.74) is 13.4. The molecule has 1 heterocycles. The highest BCUT2D eigenvalue weighted by Gasteiger charge is 2.58. The van der Waals surface area contributed by atoms with Gasteiger partial charge in [-0.1, -0.05) is 116 Å². The maximum absolute atomic E-state index is 14.8. The Morgan fingerprint density at radius 3 is 1.79 bits per heavy atom. The van der Waals surface area contributed by atoms with Crippen molar-refractivity contribution < 1.29 is 67.2 Å². The van der Waals surface area contributed by atoms with Crippen LogP contribution in [0.1, 0.15) is 197 Å². The number of Topliss-reactive ketones (excluding diaryl/α,β-unsaturated/α-hetero) is 3. The highest BCUT2D eigenvalue weighted by atomic mass is 16.6. The molecule has 0 bridgehead atoms. The average Bonchev–Trinajstić information content (AvgIpc) is 0.725. The first kappa shape index (κ1) is 75.3. The largest absolute Gasteiger partial charge is 0.481 e. The van der Waals surface area contributed by atoms with Gasteiger partial charge in [0.15, 0.2) is 5.78 Å². The smallest absolute Gasteiger partial charge is 0.303 e. The Hall–Kier alpha value is -7.89. The van der Waals surface area contributed by atoms with Crippen molar-refractivity contribution in [2.45, 2.75) is 194 Å². The summed E-state index contributed by atoms with van der Waals surface area (Å²) in [5.74, 6) is 0.806. The van der Waals surface area contributed by atoms with E-state index in [0.29, 0.717) is 70.9 Å². The molecule has 6 N–H and O–H groups in total. The molecule has 19 nitrogen and oxygen atoms in total. The molecular weight excluding hydrogens is 1250 g/mol. The van der Waals surface area contributed by atoms with Gasteiger partial charge in [-0.15, -0.1) is 0 Å². The van der Waals surface area contributed by atoms with Crippen LogP contribution in [-0.2, 0) is 92.3 Å². The number of nitrogens with two attached hydrogens (primary N) is 1. The topological polar surface area (TPSA) is 276 Å². The lowest BCUT2D eigenvalue weighted by Crippen LogP contribution is -2.60. The van der Waals surface area contributed by atoms with Gasteiger partial charge in [0.1, 0.15) is 11.6 Å². The Kier molecular flexibility index (Phi) is 25.9. The molecule has 9 atom stereocenters. The number of hydrogen-bond donors (Lipinski definition) is 5. The van der Waals surface area contributed by atoms with Gasteiger partial charge in [0.2, 0.25) is 29.5 Å². The van der Waals surface area contributed by atoms with E-state index in [4.69, 9.17) is 24.7 Å². The molecule has 4 aliphatic carbocycles. The van der Waals surface area contributed by atoms with E-state index < -0.39 is 51.9 Å². The van der Waals surface area contributed by atoms with E-state index >= 15 is 0 Å². The van der Waals surface area contributed by atoms with Crippen molar-refractivity contribution in [2.24, 2.45) is 40.4 Å². The number of carboxylic acids is 1. The van der Waals surface area contributed by atoms with Gasteiger partial charge in [-0.3, -0.25) is 48.5 Å². The van der Waals surface area contributed by atoms with Crippen molar-refractivity contribution in [2.75, 3.05) is 68.8 Å². The Morgan fingerprint density at radius 1 is 0.596 bits per heavy atom. The first-order chi connectivity index (χ1) is 47.3. The number of carboxylic acid groups (broad SMARTS) is 1. The van der Waals surface area contributed by atoms with E-state index in [1.54, 1.807) is 25.7 Å². The van der Waals surface area contributed by atoms with Crippen molar-refractivity contribution in [3.8, 4) is 11.8 Å². The maximum atomic E-state index is 14.8. The highest BCUT2D eigenvalue weighted by molar-refractivity contribution is 6.01. The summed E-state index contributed by atoms with van der Waals surface area (Å²) >= 11 is 0. The number of amides is 5. The van der Waals surface area contributed by atoms with Crippen LogP contribution in [0.15, 0.2) is 84.9 Å². The zero-order chi connectivity index (χ0) is 71.1. The van der Waals surface area contributed by atoms with Crippen LogP contribution in [0, 0.1) is 52.3 Å². The van der Waals surface area contributed by atoms with E-state index in [-0.39, 0.29) is 123 Å². The summed E-state index contributed by atoms with van der Waals surface area (Å²) in [5, 5.41) is 18.4. The van der Waals surface area contributed by atoms with E-state index in [2.05, 4.69) is 60.7 Å². The second-order valence-electron chi connectivity index (χ2n) is 29.5. The Morgan fingerprint density at radius 2 is 1.16 bits per heavy atom. The maximum Gasteiger partial charge on any atom is 0.303 e. The first-order valence-electron chi connectivity index (χ1n) is 35.9. The number of nitrogens with one attached hydrogen (secondary N) is 3. The molecule has 0 unspecified atom stereocenters. The summed E-state index contributed by atoms with van der Waals surface area (Å²) in [6.45, 7) is 16.3. The number of rotatable bonds is 34. The molecule has 9 rings (SSSR count). The average molecular weight is 1360 g/mol. The predicted octanol–water partition coefficient (Wildman–Crippen LogP) is 11.3. The van der Waals surface area contributed by atoms with Crippen molar-refractivity contribution in [3.05, 3.63) is 124 Å². The molecule has 0 spiro atoms. The number of nitrogen functional groups attached to an aromatic ring is 1. The lowest BCUT2D eigenvalue weighted by atomic mass is 9.49. The number of carbonyl (C=O) groups excluding carboxylic acids is 8. The number of hydrogen-bond acceptors (Lipinski definition) is 14. The van der Waals surface area contributed by atoms with Crippen molar-refractivity contribution in [1.29, 1.82) is 0 Å². The van der Waals surface area contributed by atoms with Crippen LogP contribution in [-0.4, -0.2) is 117 Å². The molecule has 4 aromatic carbocycles. The minimum Gasteiger partial charge on any atom is -0.481 e. The van der Waals surface area contributed by atoms with Gasteiger partial charge in [-0.05, 0) is 163 Å². The number of imide groups is 1. The molecule has 0 aromatic heterocycles. The zero-order valence-electron chi connectivity index (χ0n) is 59.1. The van der Waals surface area contributed by atoms with Gasteiger partial charge in [0.05, 0.1) is 75.4 Å². The van der Waals surface area contributed by atoms with Gasteiger partial charge in [-0.25, -0.2) is 0 Å². The zero-order valence-corrected chi connectivity index (χ0v) is 59.1. The molecule has 532 valence electrons. The number of ketones is 3. The van der Waals surface area contributed by atoms with Crippen LogP contribution < -0.4 is 26.6 Å². The number of ether oxygens (including phenoxy) is 4. The molecule has 0 radical (unpaired) electrons. The van der Waals surface area contributed by atoms with Crippen LogP contribution in [0.5, 0.6) is 0 Å². The number of para-hydroxylation sites is 1. The quantitative estimate of drug-likeness (QED) is 0.0126. The number of aliphatic carboxylic acids is 1. The summed E-state index contributed by atoms with van der Waals surface area (Å²) < 4.78 is 22.4. The van der Waals surface area contributed by atoms with Crippen LogP contribution in [0.25, 0.3) is 0 Å². The van der Waals surface area contributed by atoms with Gasteiger partial charge >= 0.3 is 5.97 Å². The number of benzene rings is 4. The molecule has 19 heteroatoms. The van der Waals surface area contributed by atoms with Crippen LogP contribution in [0.4, 0.5) is 17.1 Å². The molecule has 5 aliphatic rings. The summed E-state index contributed by atoms with van der Waals surface area (Å²) in [6, 6.07) is 26.4. The van der Waals surface area contributed by atoms with E-state index in [1.165, 1.54) is 11.1 Å². The lowest BCUT2D eigenvalue weighted by Gasteiger charge is -2.56. The highest BCUT2D eigenvalue weighted by Crippen LogP contribution is 2.60. The standard InChI is InChI=1S/C80H103N5O14/c1-52(2)72(67(88)47-53(3)73(92)82-61-28-23-56-25-31-69-78(5,65(56)50-61)36-14-38-80(69,7)76(95)84-75(94)79(6)37-13-35-77(4)64-49-60(81)27-22-55(64)24-30-68(77)79)83-74(93)58(26-33-71(90)91)48-63(87)34-40-97-42-44-99-46-45-98-43-41-96-39-12-18-62(86)29-32-70(89)85-51-59-17-9-8-15-54(59)20-21-57-16-10-11-19-66(57)85/h8-11,15-17,19,22-23,27-28,49-50,52-53,58,68-69,72H,12-14,18,24-26,29-48,51,81H2,1-7H3,(H,82,92)(H,83,93)(H,90,91)(H,84,94,95)/t53-,58+,68-,69-,72+,77-,78-,79+,80+/m1/s1. The van der Waals surface area contributed by atoms with Crippen LogP contribution >= 0.6 is 0 Å². The van der Waals surface area contributed by atoms with Crippen molar-refractivity contribution in [3.63, 3.8) is 0 Å². The third-order valence-corrected chi connectivity index (χ3v) is 22.3. The molecule has 2 saturated carbocycles. The fraction of sp³-hybridized carbons (Fsp3) is 0.562. The van der Waals surface area contributed by atoms with E-state index in [1.807, 2.05) is 79.7 Å². The minimum atomic E-state index is -1.13. The van der Waals surface area contributed by atoms with Gasteiger partial charge in [0, 0.05) is 85.9 Å². The number of aryl methyl sites for hydroxylation is 2. The molecule has 99 heavy (non-hydrogen) atoms. The number of anilines is 3. The normalized spacial score (nSPS) is 22.8. The summed E-state index contributed by atoms with van der Waals surface area (Å²) in [7, 11) is 0. The Labute approximate surface area is 583 Å². The number of carbonyl (C=O) groups is 9. The van der Waals surface area contributed by atoms with Crippen molar-refractivity contribution >= 4 is 69.9 Å². The molecule has 4 aromatic rings. The SMILES string of the molecule is CC(C)[C@H](NC(=O)[C@@H](CCC(=O)O)CC(=O)CCOCCOCCOCCOCCCC(=O)CCC(=O)N1Cc2ccccc2C#Cc2ccccc21)C(=O)C[C@@H](C)C(=O)Nc1ccc2c(c1)[C@@]1(C)CCC[C@](C)(C(=O)NC(=O)[C@@]3(C)CCC[C@]4(C)c5cc(N)ccc5CC[C@@H]34)[C@@H]1CC2. The predicted molar refractivity (Wildman–Crippen MR) is 378 cm³/mol. The minimum absolute atomic E-state index is 0.00394. The van der Waals surface area contributed by atoms with Gasteiger partial charge < -0.3 is 45.3 Å². The Balaban J connectivity index is 0.653. The molecular formula is C80H103N5O14. The van der Waals surface area contributed by atoms with Gasteiger partial charge in [-0.2, -0.15) is 0 Å². The van der Waals surface area contributed by atoms with Crippen LogP contribution in [0.3, 0.4) is 0 Å². The molecule has 0 saturated heterocycles. The molecule has 1 aliphatic heterocycles. The first-order valence-corrected chi connectivity index (χ1v) is 35.9. The third-order valence-electron chi connectivity index (χ3n) is 22.3. The second-order valence-corrected chi connectivity index (χ2v) is 29.5. The summed E-state index contributed by atoms with van der Waals surface area (Å²) in [6.07, 6.45) is 8.13. The second kappa shape index (κ2) is 34.0. The van der Waals surface area contributed by atoms with E-state index in [0.717, 1.165) is 90.6 Å². The molecule has 5 amide bonds. The Bertz CT molecular complexity index is 3690. The van der Waals surface area contributed by atoms with Crippen LogP contribution in [0.2, 0.25) is 0 Å². The fourth-order valence-electron chi connectivity index (χ4n) is 16.7. The van der Waals surface area contributed by atoms with E-state index in [9.17, 15) is 48.3 Å². The summed E-state index contributed by atoms with van der Waals surface area (Å²) in [4.78, 5) is 124. The lowest BCUT2D eigenvalue weighted by molar-refractivity contribution is -0.150. The fourth-order valence-corrected chi connectivity index (χ4v) is 16.7.